The number of benzene rings is 1. The summed E-state index contributed by atoms with van der Waals surface area (Å²) in [5.74, 6) is -0.281. The van der Waals surface area contributed by atoms with Crippen molar-refractivity contribution in [2.45, 2.75) is 44.3 Å². The molecule has 0 aliphatic carbocycles. The van der Waals surface area contributed by atoms with Gasteiger partial charge in [-0.05, 0) is 59.3 Å². The van der Waals surface area contributed by atoms with Gasteiger partial charge in [-0.15, -0.1) is 0 Å². The highest BCUT2D eigenvalue weighted by atomic mass is 32.1. The molecule has 1 fully saturated rings. The monoisotopic (exact) mass is 465 g/mol. The molecule has 0 bridgehead atoms. The predicted molar refractivity (Wildman–Crippen MR) is 114 cm³/mol. The highest BCUT2D eigenvalue weighted by Crippen LogP contribution is 2.32. The molecule has 0 spiro atoms. The number of amides is 1. The molecule has 0 unspecified atom stereocenters. The number of carbonyl (C=O) groups excluding carboxylic acids is 1. The van der Waals surface area contributed by atoms with Gasteiger partial charge in [-0.1, -0.05) is 6.07 Å². The smallest absolute Gasteiger partial charge is 0.342 e. The van der Waals surface area contributed by atoms with E-state index in [-0.39, 0.29) is 23.8 Å². The molecule has 32 heavy (non-hydrogen) atoms. The second-order valence-corrected chi connectivity index (χ2v) is 8.78. The zero-order valence-electron chi connectivity index (χ0n) is 17.3. The Morgan fingerprint density at radius 2 is 1.94 bits per heavy atom. The number of imidazole rings is 1. The van der Waals surface area contributed by atoms with Gasteiger partial charge in [0.2, 0.25) is 5.91 Å². The number of rotatable bonds is 6. The molecule has 0 radical (unpaired) electrons. The molecule has 1 amide bonds. The Hall–Kier alpha value is -2.68. The lowest BCUT2D eigenvalue weighted by molar-refractivity contribution is -0.140. The fraction of sp³-hybridized carbons (Fsp3) is 0.391. The molecule has 4 rings (SSSR count). The summed E-state index contributed by atoms with van der Waals surface area (Å²) in [4.78, 5) is 18.9. The molecule has 1 aliphatic rings. The van der Waals surface area contributed by atoms with Crippen LogP contribution in [0.15, 0.2) is 47.4 Å². The van der Waals surface area contributed by atoms with Crippen LogP contribution in [0.5, 0.6) is 0 Å². The molecule has 2 aromatic heterocycles. The van der Waals surface area contributed by atoms with Crippen LogP contribution in [0.4, 0.5) is 17.6 Å². The third kappa shape index (κ3) is 5.20. The van der Waals surface area contributed by atoms with Gasteiger partial charge in [-0.3, -0.25) is 4.79 Å². The molecule has 4 nitrogen and oxygen atoms in total. The zero-order chi connectivity index (χ0) is 22.7. The van der Waals surface area contributed by atoms with Crippen molar-refractivity contribution >= 4 is 17.2 Å². The highest BCUT2D eigenvalue weighted by Gasteiger charge is 2.34. The molecule has 1 saturated heterocycles. The van der Waals surface area contributed by atoms with Crippen molar-refractivity contribution in [2.24, 2.45) is 0 Å². The van der Waals surface area contributed by atoms with E-state index >= 15 is 0 Å². The first kappa shape index (κ1) is 22.5. The van der Waals surface area contributed by atoms with Crippen molar-refractivity contribution in [2.75, 3.05) is 13.1 Å². The number of alkyl halides is 3. The van der Waals surface area contributed by atoms with Crippen LogP contribution in [0.1, 0.15) is 41.3 Å². The summed E-state index contributed by atoms with van der Waals surface area (Å²) < 4.78 is 54.1. The Morgan fingerprint density at radius 1 is 1.16 bits per heavy atom. The van der Waals surface area contributed by atoms with Gasteiger partial charge < -0.3 is 9.47 Å². The maximum absolute atomic E-state index is 13.8. The lowest BCUT2D eigenvalue weighted by Gasteiger charge is -2.32. The van der Waals surface area contributed by atoms with E-state index in [2.05, 4.69) is 26.4 Å². The van der Waals surface area contributed by atoms with E-state index in [9.17, 15) is 22.4 Å². The molecule has 0 saturated carbocycles. The van der Waals surface area contributed by atoms with Crippen molar-refractivity contribution in [3.05, 3.63) is 75.8 Å². The molecule has 1 aromatic carbocycles. The molecule has 1 aliphatic heterocycles. The van der Waals surface area contributed by atoms with Crippen LogP contribution in [-0.2, 0) is 30.4 Å². The van der Waals surface area contributed by atoms with Gasteiger partial charge in [-0.2, -0.15) is 24.5 Å². The van der Waals surface area contributed by atoms with Crippen LogP contribution in [0.3, 0.4) is 0 Å². The standard InChI is InChI=1S/C23H23F4N3OS/c24-20-13-17(1-2-19(20)23(25,26)27)14-21(31)29-9-4-18(5-10-29)22-28-7-11-30(22)8-3-16-6-12-32-15-16/h1-2,6-7,11-13,15,18H,3-5,8-10,14H2. The van der Waals surface area contributed by atoms with Crippen molar-refractivity contribution in [1.82, 2.24) is 14.5 Å². The van der Waals surface area contributed by atoms with E-state index < -0.39 is 17.6 Å². The molecule has 0 atom stereocenters. The number of carbonyl (C=O) groups is 1. The summed E-state index contributed by atoms with van der Waals surface area (Å²) in [7, 11) is 0. The van der Waals surface area contributed by atoms with Crippen molar-refractivity contribution in [3.8, 4) is 0 Å². The van der Waals surface area contributed by atoms with E-state index in [0.717, 1.165) is 37.7 Å². The number of hydrogen-bond acceptors (Lipinski definition) is 3. The van der Waals surface area contributed by atoms with E-state index in [1.54, 1.807) is 22.4 Å². The topological polar surface area (TPSA) is 38.1 Å². The minimum Gasteiger partial charge on any atom is -0.342 e. The van der Waals surface area contributed by atoms with Gasteiger partial charge in [-0.25, -0.2) is 9.37 Å². The number of halogens is 4. The van der Waals surface area contributed by atoms with E-state index in [1.807, 2.05) is 6.20 Å². The molecule has 9 heteroatoms. The summed E-state index contributed by atoms with van der Waals surface area (Å²) in [6.45, 7) is 1.94. The summed E-state index contributed by atoms with van der Waals surface area (Å²) in [6, 6.07) is 4.78. The first-order valence-electron chi connectivity index (χ1n) is 10.5. The molecular formula is C23H23F4N3OS. The van der Waals surface area contributed by atoms with Crippen LogP contribution in [0.25, 0.3) is 0 Å². The average Bonchev–Trinajstić information content (AvgIpc) is 3.43. The van der Waals surface area contributed by atoms with Crippen LogP contribution >= 0.6 is 11.3 Å². The number of aryl methyl sites for hydroxylation is 2. The number of likely N-dealkylation sites (tertiary alicyclic amines) is 1. The van der Waals surface area contributed by atoms with Gasteiger partial charge in [0.1, 0.15) is 11.6 Å². The normalized spacial score (nSPS) is 15.3. The maximum Gasteiger partial charge on any atom is 0.419 e. The van der Waals surface area contributed by atoms with E-state index in [1.165, 1.54) is 11.6 Å². The molecule has 170 valence electrons. The first-order valence-corrected chi connectivity index (χ1v) is 11.4. The van der Waals surface area contributed by atoms with Gasteiger partial charge in [0.25, 0.3) is 0 Å². The predicted octanol–water partition coefficient (Wildman–Crippen LogP) is 5.29. The van der Waals surface area contributed by atoms with Crippen LogP contribution < -0.4 is 0 Å². The fourth-order valence-electron chi connectivity index (χ4n) is 4.13. The Kier molecular flexibility index (Phi) is 6.64. The highest BCUT2D eigenvalue weighted by molar-refractivity contribution is 7.07. The summed E-state index contributed by atoms with van der Waals surface area (Å²) in [5.41, 5.74) is 0.227. The van der Waals surface area contributed by atoms with Crippen LogP contribution in [0, 0.1) is 5.82 Å². The number of hydrogen-bond donors (Lipinski definition) is 0. The maximum atomic E-state index is 13.8. The van der Waals surface area contributed by atoms with E-state index in [4.69, 9.17) is 0 Å². The van der Waals surface area contributed by atoms with Crippen molar-refractivity contribution in [1.29, 1.82) is 0 Å². The number of piperidine rings is 1. The summed E-state index contributed by atoms with van der Waals surface area (Å²) in [5, 5.41) is 4.21. The molecule has 0 N–H and O–H groups in total. The Bertz CT molecular complexity index is 1050. The number of aromatic nitrogens is 2. The first-order chi connectivity index (χ1) is 15.3. The van der Waals surface area contributed by atoms with Gasteiger partial charge >= 0.3 is 6.18 Å². The average molecular weight is 466 g/mol. The van der Waals surface area contributed by atoms with Crippen molar-refractivity contribution < 1.29 is 22.4 Å². The summed E-state index contributed by atoms with van der Waals surface area (Å²) >= 11 is 1.68. The largest absolute Gasteiger partial charge is 0.419 e. The Labute approximate surface area is 187 Å². The second-order valence-electron chi connectivity index (χ2n) is 8.00. The van der Waals surface area contributed by atoms with E-state index in [0.29, 0.717) is 19.2 Å². The molecule has 3 aromatic rings. The third-order valence-corrected chi connectivity index (χ3v) is 6.61. The second kappa shape index (κ2) is 9.44. The SMILES string of the molecule is O=C(Cc1ccc(C(F)(F)F)c(F)c1)N1CCC(c2nccn2CCc2ccsc2)CC1. The third-order valence-electron chi connectivity index (χ3n) is 5.88. The Morgan fingerprint density at radius 3 is 2.59 bits per heavy atom. The minimum absolute atomic E-state index is 0.116. The van der Waals surface area contributed by atoms with Gasteiger partial charge in [0.15, 0.2) is 0 Å². The zero-order valence-corrected chi connectivity index (χ0v) is 18.1. The van der Waals surface area contributed by atoms with Gasteiger partial charge in [0, 0.05) is 37.9 Å². The molecule has 3 heterocycles. The van der Waals surface area contributed by atoms with Crippen LogP contribution in [0.2, 0.25) is 0 Å². The lowest BCUT2D eigenvalue weighted by Crippen LogP contribution is -2.39. The number of thiophene rings is 1. The minimum atomic E-state index is -4.75. The quantitative estimate of drug-likeness (QED) is 0.464. The van der Waals surface area contributed by atoms with Crippen LogP contribution in [-0.4, -0.2) is 33.4 Å². The Balaban J connectivity index is 1.32. The van der Waals surface area contributed by atoms with Crippen molar-refractivity contribution in [3.63, 3.8) is 0 Å². The summed E-state index contributed by atoms with van der Waals surface area (Å²) in [6.07, 6.45) is 1.40. The fourth-order valence-corrected chi connectivity index (χ4v) is 4.83. The number of nitrogens with zero attached hydrogens (tertiary/aromatic N) is 3. The molecular weight excluding hydrogens is 442 g/mol. The lowest BCUT2D eigenvalue weighted by atomic mass is 9.95. The van der Waals surface area contributed by atoms with Gasteiger partial charge in [0.05, 0.1) is 12.0 Å².